The molecule has 0 N–H and O–H groups in total. The fourth-order valence-corrected chi connectivity index (χ4v) is 3.39. The molecule has 0 radical (unpaired) electrons. The highest BCUT2D eigenvalue weighted by molar-refractivity contribution is 5.92. The van der Waals surface area contributed by atoms with Crippen molar-refractivity contribution >= 4 is 5.97 Å². The van der Waals surface area contributed by atoms with Crippen LogP contribution in [0.4, 0.5) is 0 Å². The van der Waals surface area contributed by atoms with Crippen molar-refractivity contribution in [2.75, 3.05) is 0 Å². The molecule has 3 aromatic rings. The summed E-state index contributed by atoms with van der Waals surface area (Å²) in [5.74, 6) is 0.855. The van der Waals surface area contributed by atoms with Crippen LogP contribution in [0.3, 0.4) is 0 Å². The summed E-state index contributed by atoms with van der Waals surface area (Å²) in [4.78, 5) is 23.3. The summed E-state index contributed by atoms with van der Waals surface area (Å²) >= 11 is 0. The second-order valence-corrected chi connectivity index (χ2v) is 7.67. The zero-order chi connectivity index (χ0) is 22.1. The molecule has 31 heavy (non-hydrogen) atoms. The van der Waals surface area contributed by atoms with E-state index in [0.717, 1.165) is 36.8 Å². The van der Waals surface area contributed by atoms with E-state index in [0.29, 0.717) is 17.1 Å². The van der Waals surface area contributed by atoms with Crippen molar-refractivity contribution in [3.8, 4) is 11.5 Å². The third-order valence-corrected chi connectivity index (χ3v) is 5.03. The fraction of sp³-hybridized carbons (Fsp3) is 0.296. The smallest absolute Gasteiger partial charge is 0.343 e. The lowest BCUT2D eigenvalue weighted by molar-refractivity contribution is -0.217. The van der Waals surface area contributed by atoms with Crippen molar-refractivity contribution in [1.29, 1.82) is 0 Å². The highest BCUT2D eigenvalue weighted by Crippen LogP contribution is 2.19. The van der Waals surface area contributed by atoms with Gasteiger partial charge in [-0.1, -0.05) is 63.1 Å². The van der Waals surface area contributed by atoms with Gasteiger partial charge in [-0.05, 0) is 72.4 Å². The van der Waals surface area contributed by atoms with Crippen molar-refractivity contribution in [3.63, 3.8) is 0 Å². The molecular formula is C27H30O4. The molecule has 0 aliphatic heterocycles. The Morgan fingerprint density at radius 1 is 0.742 bits per heavy atom. The third-order valence-electron chi connectivity index (χ3n) is 5.03. The molecule has 0 aliphatic rings. The van der Waals surface area contributed by atoms with E-state index in [9.17, 15) is 4.79 Å². The van der Waals surface area contributed by atoms with Crippen LogP contribution < -0.4 is 9.62 Å². The van der Waals surface area contributed by atoms with Gasteiger partial charge < -0.3 is 9.62 Å². The molecule has 0 unspecified atom stereocenters. The Morgan fingerprint density at radius 2 is 1.29 bits per heavy atom. The molecule has 0 saturated carbocycles. The second-order valence-electron chi connectivity index (χ2n) is 7.67. The first-order chi connectivity index (χ1) is 15.1. The van der Waals surface area contributed by atoms with E-state index in [1.165, 1.54) is 11.1 Å². The molecule has 0 spiro atoms. The van der Waals surface area contributed by atoms with Gasteiger partial charge in [0.2, 0.25) is 0 Å². The number of aryl methyl sites for hydroxylation is 3. The molecule has 0 aromatic heterocycles. The Kier molecular flexibility index (Phi) is 8.25. The molecule has 162 valence electrons. The Labute approximate surface area is 184 Å². The standard InChI is InChI=1S/C27H30O4/c1-4-6-21-8-13-24(14-9-21)30-27(28)26-17-12-23(18-20(26)3)19-29-31-25-15-10-22(7-5-2)11-16-25/h8-18H,4-7,19H2,1-3H3. The Hall–Kier alpha value is -3.11. The number of carbonyl (C=O) groups is 1. The van der Waals surface area contributed by atoms with Gasteiger partial charge in [0.25, 0.3) is 0 Å². The van der Waals surface area contributed by atoms with Crippen LogP contribution in [0.25, 0.3) is 0 Å². The minimum Gasteiger partial charge on any atom is -0.423 e. The van der Waals surface area contributed by atoms with Gasteiger partial charge in [0.05, 0.1) is 5.56 Å². The molecule has 3 aromatic carbocycles. The number of ether oxygens (including phenoxy) is 1. The molecule has 0 amide bonds. The number of hydrogen-bond donors (Lipinski definition) is 0. The van der Waals surface area contributed by atoms with Crippen LogP contribution >= 0.6 is 0 Å². The zero-order valence-electron chi connectivity index (χ0n) is 18.5. The van der Waals surface area contributed by atoms with Crippen molar-refractivity contribution < 1.29 is 19.3 Å². The molecule has 0 heterocycles. The Balaban J connectivity index is 1.53. The van der Waals surface area contributed by atoms with Crippen LogP contribution in [-0.4, -0.2) is 5.97 Å². The molecule has 0 atom stereocenters. The van der Waals surface area contributed by atoms with Gasteiger partial charge >= 0.3 is 5.97 Å². The SMILES string of the molecule is CCCc1ccc(OOCc2ccc(C(=O)Oc3ccc(CCC)cc3)c(C)c2)cc1. The lowest BCUT2D eigenvalue weighted by atomic mass is 10.1. The van der Waals surface area contributed by atoms with E-state index in [4.69, 9.17) is 14.5 Å². The molecular weight excluding hydrogens is 388 g/mol. The predicted molar refractivity (Wildman–Crippen MR) is 122 cm³/mol. The molecule has 0 fully saturated rings. The average Bonchev–Trinajstić information content (AvgIpc) is 2.77. The van der Waals surface area contributed by atoms with Gasteiger partial charge in [-0.15, -0.1) is 0 Å². The van der Waals surface area contributed by atoms with Crippen molar-refractivity contribution in [2.24, 2.45) is 0 Å². The quantitative estimate of drug-likeness (QED) is 0.160. The van der Waals surface area contributed by atoms with Gasteiger partial charge in [-0.25, -0.2) is 4.79 Å². The van der Waals surface area contributed by atoms with Crippen molar-refractivity contribution in [3.05, 3.63) is 94.5 Å². The van der Waals surface area contributed by atoms with Gasteiger partial charge in [-0.3, -0.25) is 0 Å². The summed E-state index contributed by atoms with van der Waals surface area (Å²) in [5, 5.41) is 0. The summed E-state index contributed by atoms with van der Waals surface area (Å²) in [6.45, 7) is 6.47. The molecule has 4 nitrogen and oxygen atoms in total. The fourth-order valence-electron chi connectivity index (χ4n) is 3.39. The van der Waals surface area contributed by atoms with Gasteiger partial charge in [-0.2, -0.15) is 4.89 Å². The molecule has 0 saturated heterocycles. The van der Waals surface area contributed by atoms with E-state index in [1.54, 1.807) is 6.07 Å². The average molecular weight is 419 g/mol. The second kappa shape index (κ2) is 11.3. The Morgan fingerprint density at radius 3 is 1.84 bits per heavy atom. The van der Waals surface area contributed by atoms with Crippen molar-refractivity contribution in [2.45, 2.75) is 53.1 Å². The first-order valence-electron chi connectivity index (χ1n) is 10.9. The number of rotatable bonds is 10. The van der Waals surface area contributed by atoms with Crippen molar-refractivity contribution in [1.82, 2.24) is 0 Å². The van der Waals surface area contributed by atoms with E-state index in [1.807, 2.05) is 67.6 Å². The van der Waals surface area contributed by atoms with E-state index in [-0.39, 0.29) is 12.6 Å². The first-order valence-corrected chi connectivity index (χ1v) is 10.9. The zero-order valence-corrected chi connectivity index (χ0v) is 18.5. The minimum absolute atomic E-state index is 0.284. The minimum atomic E-state index is -0.364. The topological polar surface area (TPSA) is 44.8 Å². The highest BCUT2D eigenvalue weighted by Gasteiger charge is 2.12. The van der Waals surface area contributed by atoms with Crippen LogP contribution in [0.5, 0.6) is 11.5 Å². The Bertz CT molecular complexity index is 975. The molecule has 0 bridgehead atoms. The maximum atomic E-state index is 12.6. The number of benzene rings is 3. The molecule has 0 aliphatic carbocycles. The number of hydrogen-bond acceptors (Lipinski definition) is 4. The van der Waals surface area contributed by atoms with Crippen LogP contribution in [0, 0.1) is 6.92 Å². The van der Waals surface area contributed by atoms with E-state index in [2.05, 4.69) is 13.8 Å². The summed E-state index contributed by atoms with van der Waals surface area (Å²) in [6.07, 6.45) is 4.28. The van der Waals surface area contributed by atoms with Gasteiger partial charge in [0, 0.05) is 0 Å². The van der Waals surface area contributed by atoms with Crippen LogP contribution in [0.2, 0.25) is 0 Å². The summed E-state index contributed by atoms with van der Waals surface area (Å²) in [6, 6.07) is 21.1. The van der Waals surface area contributed by atoms with Crippen LogP contribution in [0.1, 0.15) is 59.3 Å². The third kappa shape index (κ3) is 6.69. The predicted octanol–water partition coefficient (Wildman–Crippen LogP) is 6.63. The lowest BCUT2D eigenvalue weighted by Crippen LogP contribution is -2.11. The maximum absolute atomic E-state index is 12.6. The molecule has 3 rings (SSSR count). The van der Waals surface area contributed by atoms with Crippen LogP contribution in [0.15, 0.2) is 66.7 Å². The van der Waals surface area contributed by atoms with Gasteiger partial charge in [0.15, 0.2) is 5.75 Å². The largest absolute Gasteiger partial charge is 0.423 e. The maximum Gasteiger partial charge on any atom is 0.343 e. The summed E-state index contributed by atoms with van der Waals surface area (Å²) in [5.41, 5.74) is 4.80. The molecule has 4 heteroatoms. The highest BCUT2D eigenvalue weighted by atomic mass is 17.2. The summed E-state index contributed by atoms with van der Waals surface area (Å²) in [7, 11) is 0. The van der Waals surface area contributed by atoms with E-state index >= 15 is 0 Å². The van der Waals surface area contributed by atoms with Gasteiger partial charge in [0.1, 0.15) is 12.4 Å². The number of carbonyl (C=O) groups excluding carboxylic acids is 1. The first kappa shape index (κ1) is 22.6. The number of esters is 1. The summed E-state index contributed by atoms with van der Waals surface area (Å²) < 4.78 is 5.53. The van der Waals surface area contributed by atoms with Crippen LogP contribution in [-0.2, 0) is 24.3 Å². The normalized spacial score (nSPS) is 10.7. The lowest BCUT2D eigenvalue weighted by Gasteiger charge is -2.10. The van der Waals surface area contributed by atoms with E-state index < -0.39 is 0 Å². The monoisotopic (exact) mass is 418 g/mol.